The van der Waals surface area contributed by atoms with Crippen LogP contribution in [0.2, 0.25) is 0 Å². The summed E-state index contributed by atoms with van der Waals surface area (Å²) in [6, 6.07) is 5.49. The van der Waals surface area contributed by atoms with E-state index in [2.05, 4.69) is 5.32 Å². The van der Waals surface area contributed by atoms with Gasteiger partial charge in [0.15, 0.2) is 0 Å². The summed E-state index contributed by atoms with van der Waals surface area (Å²) >= 11 is 3.94. The van der Waals surface area contributed by atoms with E-state index in [1.165, 1.54) is 11.5 Å². The van der Waals surface area contributed by atoms with Gasteiger partial charge in [0.05, 0.1) is 5.56 Å². The van der Waals surface area contributed by atoms with Crippen molar-refractivity contribution in [3.8, 4) is 0 Å². The molecule has 20 heavy (non-hydrogen) atoms. The van der Waals surface area contributed by atoms with Gasteiger partial charge in [-0.05, 0) is 24.6 Å². The van der Waals surface area contributed by atoms with Crippen LogP contribution < -0.4 is 5.32 Å². The monoisotopic (exact) mass is 321 g/mol. The van der Waals surface area contributed by atoms with Crippen LogP contribution in [0.25, 0.3) is 0 Å². The van der Waals surface area contributed by atoms with Gasteiger partial charge in [0.1, 0.15) is 0 Å². The predicted molar refractivity (Wildman–Crippen MR) is 81.4 cm³/mol. The fourth-order valence-corrected chi connectivity index (χ4v) is 4.67. The second-order valence-electron chi connectivity index (χ2n) is 4.82. The fraction of sp³-hybridized carbons (Fsp3) is 0.571. The Morgan fingerprint density at radius 1 is 1.25 bits per heavy atom. The number of hydrogen-bond donors (Lipinski definition) is 1. The number of thioether (sulfide) groups is 2. The number of alkyl halides is 3. The highest BCUT2D eigenvalue weighted by atomic mass is 32.2. The Morgan fingerprint density at radius 2 is 1.95 bits per heavy atom. The van der Waals surface area contributed by atoms with Gasteiger partial charge >= 0.3 is 6.18 Å². The lowest BCUT2D eigenvalue weighted by Crippen LogP contribution is -2.30. The maximum Gasteiger partial charge on any atom is 0.416 e. The van der Waals surface area contributed by atoms with E-state index < -0.39 is 11.7 Å². The van der Waals surface area contributed by atoms with Crippen LogP contribution >= 0.6 is 23.5 Å². The predicted octanol–water partition coefficient (Wildman–Crippen LogP) is 4.20. The molecule has 2 unspecified atom stereocenters. The topological polar surface area (TPSA) is 12.0 Å². The van der Waals surface area contributed by atoms with Crippen molar-refractivity contribution < 1.29 is 13.2 Å². The van der Waals surface area contributed by atoms with E-state index in [-0.39, 0.29) is 6.04 Å². The van der Waals surface area contributed by atoms with E-state index in [9.17, 15) is 13.2 Å². The van der Waals surface area contributed by atoms with Crippen molar-refractivity contribution in [2.24, 2.45) is 0 Å². The van der Waals surface area contributed by atoms with Crippen molar-refractivity contribution in [2.75, 3.05) is 23.8 Å². The van der Waals surface area contributed by atoms with E-state index >= 15 is 0 Å². The first-order chi connectivity index (χ1) is 9.47. The van der Waals surface area contributed by atoms with Crippen LogP contribution in [0.4, 0.5) is 13.2 Å². The second kappa shape index (κ2) is 7.09. The molecular weight excluding hydrogens is 303 g/mol. The number of halogens is 3. The molecule has 1 fully saturated rings. The minimum Gasteiger partial charge on any atom is -0.309 e. The molecule has 1 aromatic carbocycles. The summed E-state index contributed by atoms with van der Waals surface area (Å²) in [5.41, 5.74) is 0.305. The molecule has 0 spiro atoms. The summed E-state index contributed by atoms with van der Waals surface area (Å²) in [7, 11) is 0. The molecule has 0 aromatic heterocycles. The van der Waals surface area contributed by atoms with Gasteiger partial charge in [-0.2, -0.15) is 36.7 Å². The standard InChI is InChI=1S/C14H18F3NS2/c1-10(18-8-13-9-19-6-7-20-13)11-2-4-12(5-3-11)14(15,16)17/h2-5,10,13,18H,6-9H2,1H3. The minimum absolute atomic E-state index is 0.0739. The van der Waals surface area contributed by atoms with Gasteiger partial charge in [-0.15, -0.1) is 0 Å². The minimum atomic E-state index is -4.26. The molecule has 1 aliphatic heterocycles. The van der Waals surface area contributed by atoms with E-state index in [0.29, 0.717) is 5.25 Å². The van der Waals surface area contributed by atoms with Crippen molar-refractivity contribution in [3.05, 3.63) is 35.4 Å². The summed E-state index contributed by atoms with van der Waals surface area (Å²) < 4.78 is 37.5. The van der Waals surface area contributed by atoms with Gasteiger partial charge in [0.2, 0.25) is 0 Å². The normalized spacial score (nSPS) is 21.7. The lowest BCUT2D eigenvalue weighted by atomic mass is 10.1. The zero-order chi connectivity index (χ0) is 14.6. The maximum atomic E-state index is 12.5. The molecule has 112 valence electrons. The molecular formula is C14H18F3NS2. The highest BCUT2D eigenvalue weighted by Gasteiger charge is 2.30. The van der Waals surface area contributed by atoms with Crippen molar-refractivity contribution in [1.82, 2.24) is 5.32 Å². The van der Waals surface area contributed by atoms with Crippen LogP contribution in [0.15, 0.2) is 24.3 Å². The van der Waals surface area contributed by atoms with Crippen LogP contribution in [-0.2, 0) is 6.18 Å². The largest absolute Gasteiger partial charge is 0.416 e. The number of benzene rings is 1. The lowest BCUT2D eigenvalue weighted by molar-refractivity contribution is -0.137. The average Bonchev–Trinajstić information content (AvgIpc) is 2.45. The quantitative estimate of drug-likeness (QED) is 0.892. The van der Waals surface area contributed by atoms with E-state index in [0.717, 1.165) is 30.0 Å². The Morgan fingerprint density at radius 3 is 2.50 bits per heavy atom. The zero-order valence-electron chi connectivity index (χ0n) is 11.2. The first kappa shape index (κ1) is 16.0. The van der Waals surface area contributed by atoms with Crippen LogP contribution in [0, 0.1) is 0 Å². The first-order valence-corrected chi connectivity index (χ1v) is 8.77. The summed E-state index contributed by atoms with van der Waals surface area (Å²) in [6.45, 7) is 2.89. The Balaban J connectivity index is 1.87. The van der Waals surface area contributed by atoms with Gasteiger partial charge in [-0.1, -0.05) is 12.1 Å². The maximum absolute atomic E-state index is 12.5. The SMILES string of the molecule is CC(NCC1CSCCS1)c1ccc(C(F)(F)F)cc1. The Hall–Kier alpha value is -0.330. The van der Waals surface area contributed by atoms with Crippen molar-refractivity contribution >= 4 is 23.5 Å². The summed E-state index contributed by atoms with van der Waals surface area (Å²) in [4.78, 5) is 0. The third kappa shape index (κ3) is 4.60. The molecule has 1 N–H and O–H groups in total. The van der Waals surface area contributed by atoms with Crippen molar-refractivity contribution in [1.29, 1.82) is 0 Å². The van der Waals surface area contributed by atoms with Gasteiger partial charge < -0.3 is 5.32 Å². The summed E-state index contributed by atoms with van der Waals surface area (Å²) in [6.07, 6.45) is -4.26. The third-order valence-corrected chi connectivity index (χ3v) is 6.12. The molecule has 0 amide bonds. The molecule has 0 bridgehead atoms. The van der Waals surface area contributed by atoms with Crippen molar-refractivity contribution in [3.63, 3.8) is 0 Å². The summed E-state index contributed by atoms with van der Waals surface area (Å²) in [5.74, 6) is 3.55. The lowest BCUT2D eigenvalue weighted by Gasteiger charge is -2.23. The Kier molecular flexibility index (Phi) is 5.69. The summed E-state index contributed by atoms with van der Waals surface area (Å²) in [5, 5.41) is 4.01. The highest BCUT2D eigenvalue weighted by Crippen LogP contribution is 2.30. The zero-order valence-corrected chi connectivity index (χ0v) is 12.9. The Labute approximate surface area is 126 Å². The van der Waals surface area contributed by atoms with Crippen LogP contribution in [-0.4, -0.2) is 29.1 Å². The molecule has 1 nitrogen and oxygen atoms in total. The van der Waals surface area contributed by atoms with Crippen molar-refractivity contribution in [2.45, 2.75) is 24.4 Å². The molecule has 1 heterocycles. The number of nitrogens with one attached hydrogen (secondary N) is 1. The highest BCUT2D eigenvalue weighted by molar-refractivity contribution is 8.06. The van der Waals surface area contributed by atoms with Gasteiger partial charge in [-0.3, -0.25) is 0 Å². The van der Waals surface area contributed by atoms with E-state index in [1.807, 2.05) is 30.4 Å². The molecule has 0 saturated carbocycles. The average molecular weight is 321 g/mol. The first-order valence-electron chi connectivity index (χ1n) is 6.56. The molecule has 6 heteroatoms. The van der Waals surface area contributed by atoms with E-state index in [4.69, 9.17) is 0 Å². The number of rotatable bonds is 4. The smallest absolute Gasteiger partial charge is 0.309 e. The van der Waals surface area contributed by atoms with Gasteiger partial charge in [0.25, 0.3) is 0 Å². The Bertz CT molecular complexity index is 413. The second-order valence-corrected chi connectivity index (χ2v) is 7.38. The van der Waals surface area contributed by atoms with Crippen LogP contribution in [0.5, 0.6) is 0 Å². The molecule has 1 saturated heterocycles. The fourth-order valence-electron chi connectivity index (χ4n) is 2.04. The molecule has 1 aliphatic rings. The number of hydrogen-bond acceptors (Lipinski definition) is 3. The van der Waals surface area contributed by atoms with Gasteiger partial charge in [0, 0.05) is 35.1 Å². The molecule has 2 atom stereocenters. The molecule has 2 rings (SSSR count). The van der Waals surface area contributed by atoms with E-state index in [1.54, 1.807) is 12.1 Å². The molecule has 0 aliphatic carbocycles. The third-order valence-electron chi connectivity index (χ3n) is 3.27. The van der Waals surface area contributed by atoms with Gasteiger partial charge in [-0.25, -0.2) is 0 Å². The molecule has 0 radical (unpaired) electrons. The molecule has 1 aromatic rings. The van der Waals surface area contributed by atoms with Crippen LogP contribution in [0.1, 0.15) is 24.1 Å². The van der Waals surface area contributed by atoms with Crippen LogP contribution in [0.3, 0.4) is 0 Å².